The van der Waals surface area contributed by atoms with Crippen molar-refractivity contribution in [2.45, 2.75) is 71.1 Å². The van der Waals surface area contributed by atoms with Crippen molar-refractivity contribution in [2.75, 3.05) is 85.6 Å². The minimum atomic E-state index is -0.702. The summed E-state index contributed by atoms with van der Waals surface area (Å²) in [5.41, 5.74) is 1.79. The zero-order valence-corrected chi connectivity index (χ0v) is 35.7. The highest BCUT2D eigenvalue weighted by Gasteiger charge is 2.17. The van der Waals surface area contributed by atoms with Crippen LogP contribution in [-0.4, -0.2) is 133 Å². The van der Waals surface area contributed by atoms with E-state index in [1.54, 1.807) is 0 Å². The largest absolute Gasteiger partial charge is 0.445 e. The minimum Gasteiger partial charge on any atom is -0.445 e. The monoisotopic (exact) mass is 872 g/mol. The van der Waals surface area contributed by atoms with Gasteiger partial charge in [0.2, 0.25) is 23.6 Å². The van der Waals surface area contributed by atoms with Gasteiger partial charge in [0.1, 0.15) is 13.2 Å². The van der Waals surface area contributed by atoms with E-state index in [4.69, 9.17) is 28.4 Å². The molecule has 0 aliphatic carbocycles. The number of Topliss-reactive ketones (excluding diaryl/α,β-unsaturated/α-hetero) is 1. The van der Waals surface area contributed by atoms with Gasteiger partial charge < -0.3 is 60.3 Å². The van der Waals surface area contributed by atoms with Crippen LogP contribution in [0.25, 0.3) is 0 Å². The third-order valence-electron chi connectivity index (χ3n) is 8.56. The summed E-state index contributed by atoms with van der Waals surface area (Å²) < 4.78 is 31.8. The number of unbranched alkanes of at least 4 members (excludes halogenated alkanes) is 1. The average Bonchev–Trinajstić information content (AvgIpc) is 3.27. The van der Waals surface area contributed by atoms with Crippen molar-refractivity contribution in [3.63, 3.8) is 0 Å². The highest BCUT2D eigenvalue weighted by atomic mass is 16.6. The molecule has 0 spiro atoms. The molecule has 6 amide bonds. The molecule has 0 unspecified atom stereocenters. The Balaban J connectivity index is 1.35. The summed E-state index contributed by atoms with van der Waals surface area (Å²) in [5, 5.41) is 16.0. The van der Waals surface area contributed by atoms with Crippen LogP contribution in [0, 0.1) is 0 Å². The standard InChI is InChI=1S/C43H64N6O13/c1-34(50)37(49-41(54)18-17-40(53)46-21-25-58-29-31-60-27-23-48-43(56)62-33-36-12-6-3-7-13-36)14-8-9-19-44-38(51)15-16-39(52)45-20-24-57-28-30-59-26-22-47-42(55)61-32-35-10-4-2-5-11-35/h2-7,10-13,37H,8-9,14-33H2,1H3,(H,44,51)(H,45,52)(H,46,53)(H,47,55)(H,48,56)(H,49,54)/t37-/m0/s1. The maximum atomic E-state index is 12.4. The Morgan fingerprint density at radius 1 is 0.452 bits per heavy atom. The molecule has 2 aromatic rings. The van der Waals surface area contributed by atoms with Gasteiger partial charge in [0.25, 0.3) is 0 Å². The number of ether oxygens (including phenoxy) is 6. The lowest BCUT2D eigenvalue weighted by atomic mass is 10.1. The van der Waals surface area contributed by atoms with Crippen molar-refractivity contribution in [1.29, 1.82) is 0 Å². The van der Waals surface area contributed by atoms with Gasteiger partial charge in [-0.3, -0.25) is 24.0 Å². The molecule has 0 saturated heterocycles. The quantitative estimate of drug-likeness (QED) is 0.0544. The summed E-state index contributed by atoms with van der Waals surface area (Å²) in [6.07, 6.45) is 0.355. The second-order valence-electron chi connectivity index (χ2n) is 13.7. The van der Waals surface area contributed by atoms with E-state index in [2.05, 4.69) is 31.9 Å². The lowest BCUT2D eigenvalue weighted by Crippen LogP contribution is -2.40. The lowest BCUT2D eigenvalue weighted by molar-refractivity contribution is -0.129. The van der Waals surface area contributed by atoms with Gasteiger partial charge in [0, 0.05) is 58.4 Å². The normalized spacial score (nSPS) is 11.1. The van der Waals surface area contributed by atoms with E-state index < -0.39 is 24.1 Å². The number of nitrogens with one attached hydrogen (secondary N) is 6. The number of alkyl carbamates (subject to hydrolysis) is 2. The van der Waals surface area contributed by atoms with E-state index in [-0.39, 0.29) is 102 Å². The van der Waals surface area contributed by atoms with Crippen molar-refractivity contribution < 1.29 is 62.0 Å². The van der Waals surface area contributed by atoms with E-state index in [9.17, 15) is 33.6 Å². The fourth-order valence-corrected chi connectivity index (χ4v) is 5.23. The van der Waals surface area contributed by atoms with Crippen molar-refractivity contribution >= 4 is 41.6 Å². The van der Waals surface area contributed by atoms with Crippen LogP contribution in [-0.2, 0) is 65.6 Å². The van der Waals surface area contributed by atoms with Crippen LogP contribution in [0.15, 0.2) is 60.7 Å². The van der Waals surface area contributed by atoms with E-state index >= 15 is 0 Å². The van der Waals surface area contributed by atoms with Crippen LogP contribution in [0.3, 0.4) is 0 Å². The summed E-state index contributed by atoms with van der Waals surface area (Å²) in [6.45, 7) is 5.56. The van der Waals surface area contributed by atoms with Gasteiger partial charge in [0.05, 0.1) is 58.9 Å². The molecule has 0 aromatic heterocycles. The van der Waals surface area contributed by atoms with E-state index in [1.807, 2.05) is 60.7 Å². The van der Waals surface area contributed by atoms with Crippen molar-refractivity contribution in [1.82, 2.24) is 31.9 Å². The molecule has 62 heavy (non-hydrogen) atoms. The summed E-state index contributed by atoms with van der Waals surface area (Å²) in [5.74, 6) is -1.51. The first kappa shape index (κ1) is 52.5. The Hall–Kier alpha value is -5.63. The SMILES string of the molecule is CC(=O)[C@H](CCCCNC(=O)CCC(=O)NCCOCCOCCNC(=O)OCc1ccccc1)NC(=O)CCC(=O)NCCOCCOCCNC(=O)OCc1ccccc1. The van der Waals surface area contributed by atoms with Gasteiger partial charge in [0.15, 0.2) is 5.78 Å². The fourth-order valence-electron chi connectivity index (χ4n) is 5.23. The van der Waals surface area contributed by atoms with Crippen LogP contribution >= 0.6 is 0 Å². The predicted octanol–water partition coefficient (Wildman–Crippen LogP) is 2.06. The maximum absolute atomic E-state index is 12.4. The van der Waals surface area contributed by atoms with Crippen LogP contribution in [0.4, 0.5) is 9.59 Å². The molecule has 0 heterocycles. The smallest absolute Gasteiger partial charge is 0.407 e. The third-order valence-corrected chi connectivity index (χ3v) is 8.56. The number of carbonyl (C=O) groups is 7. The van der Waals surface area contributed by atoms with Crippen molar-refractivity contribution in [2.24, 2.45) is 0 Å². The molecule has 0 aliphatic rings. The molecular formula is C43H64N6O13. The van der Waals surface area contributed by atoms with Gasteiger partial charge >= 0.3 is 12.2 Å². The molecular weight excluding hydrogens is 809 g/mol. The summed E-state index contributed by atoms with van der Waals surface area (Å²) in [7, 11) is 0. The van der Waals surface area contributed by atoms with Crippen LogP contribution < -0.4 is 31.9 Å². The number of benzene rings is 2. The Morgan fingerprint density at radius 2 is 0.823 bits per heavy atom. The van der Waals surface area contributed by atoms with Crippen molar-refractivity contribution in [3.8, 4) is 0 Å². The second kappa shape index (κ2) is 35.0. The second-order valence-corrected chi connectivity index (χ2v) is 13.7. The van der Waals surface area contributed by atoms with Crippen LogP contribution in [0.1, 0.15) is 63.0 Å². The Labute approximate surface area is 363 Å². The third kappa shape index (κ3) is 29.6. The first-order valence-electron chi connectivity index (χ1n) is 20.9. The highest BCUT2D eigenvalue weighted by Crippen LogP contribution is 2.05. The lowest BCUT2D eigenvalue weighted by Gasteiger charge is -2.16. The number of ketones is 1. The molecule has 0 saturated carbocycles. The van der Waals surface area contributed by atoms with E-state index in [1.165, 1.54) is 6.92 Å². The maximum Gasteiger partial charge on any atom is 0.407 e. The average molecular weight is 873 g/mol. The first-order chi connectivity index (χ1) is 30.1. The molecule has 0 aliphatic heterocycles. The van der Waals surface area contributed by atoms with Crippen molar-refractivity contribution in [3.05, 3.63) is 71.8 Å². The minimum absolute atomic E-state index is 0.0203. The van der Waals surface area contributed by atoms with Gasteiger partial charge in [-0.1, -0.05) is 60.7 Å². The Morgan fingerprint density at radius 3 is 1.23 bits per heavy atom. The van der Waals surface area contributed by atoms with Gasteiger partial charge in [-0.2, -0.15) is 0 Å². The predicted molar refractivity (Wildman–Crippen MR) is 226 cm³/mol. The topological polar surface area (TPSA) is 247 Å². The van der Waals surface area contributed by atoms with Gasteiger partial charge in [-0.05, 0) is 37.3 Å². The molecule has 19 nitrogen and oxygen atoms in total. The molecule has 0 fully saturated rings. The molecule has 2 aromatic carbocycles. The number of carbonyl (C=O) groups excluding carboxylic acids is 7. The molecule has 0 radical (unpaired) electrons. The summed E-state index contributed by atoms with van der Waals surface area (Å²) in [4.78, 5) is 84.3. The molecule has 6 N–H and O–H groups in total. The summed E-state index contributed by atoms with van der Waals surface area (Å²) in [6, 6.07) is 18.0. The number of hydrogen-bond acceptors (Lipinski definition) is 13. The van der Waals surface area contributed by atoms with Crippen LogP contribution in [0.2, 0.25) is 0 Å². The zero-order valence-electron chi connectivity index (χ0n) is 35.7. The molecule has 2 rings (SSSR count). The summed E-state index contributed by atoms with van der Waals surface area (Å²) >= 11 is 0. The zero-order chi connectivity index (χ0) is 44.9. The fraction of sp³-hybridized carbons (Fsp3) is 0.558. The molecule has 19 heteroatoms. The molecule has 1 atom stereocenters. The van der Waals surface area contributed by atoms with Gasteiger partial charge in [-0.25, -0.2) is 9.59 Å². The number of amides is 6. The van der Waals surface area contributed by atoms with E-state index in [0.717, 1.165) is 11.1 Å². The Bertz CT molecular complexity index is 1590. The highest BCUT2D eigenvalue weighted by molar-refractivity contribution is 5.89. The first-order valence-corrected chi connectivity index (χ1v) is 20.9. The number of hydrogen-bond donors (Lipinski definition) is 6. The molecule has 344 valence electrons. The number of rotatable bonds is 35. The van der Waals surface area contributed by atoms with Gasteiger partial charge in [-0.15, -0.1) is 0 Å². The van der Waals surface area contributed by atoms with Crippen LogP contribution in [0.5, 0.6) is 0 Å². The van der Waals surface area contributed by atoms with E-state index in [0.29, 0.717) is 65.4 Å². The Kier molecular flexibility index (Phi) is 29.7. The molecule has 0 bridgehead atoms.